The van der Waals surface area contributed by atoms with Crippen molar-refractivity contribution in [3.8, 4) is 11.5 Å². The van der Waals surface area contributed by atoms with Crippen LogP contribution in [0.3, 0.4) is 0 Å². The fourth-order valence-electron chi connectivity index (χ4n) is 4.52. The molecule has 8 heteroatoms. The van der Waals surface area contributed by atoms with E-state index in [4.69, 9.17) is 9.47 Å². The zero-order chi connectivity index (χ0) is 23.2. The molecule has 2 aliphatic rings. The van der Waals surface area contributed by atoms with E-state index in [0.717, 1.165) is 11.3 Å². The van der Waals surface area contributed by atoms with E-state index in [-0.39, 0.29) is 11.2 Å². The Labute approximate surface area is 186 Å². The molecular formula is C24H29N3O5. The molecule has 8 nitrogen and oxygen atoms in total. The number of H-pyrrole nitrogens is 2. The number of rotatable bonds is 5. The van der Waals surface area contributed by atoms with Crippen LogP contribution in [0.5, 0.6) is 11.5 Å². The number of methoxy groups -OCH3 is 1. The van der Waals surface area contributed by atoms with Gasteiger partial charge < -0.3 is 14.8 Å². The van der Waals surface area contributed by atoms with Crippen LogP contribution in [-0.4, -0.2) is 29.5 Å². The first kappa shape index (κ1) is 21.9. The Bertz CT molecular complexity index is 1220. The van der Waals surface area contributed by atoms with Gasteiger partial charge in [0.05, 0.1) is 19.3 Å². The van der Waals surface area contributed by atoms with Crippen molar-refractivity contribution < 1.29 is 14.3 Å². The Morgan fingerprint density at radius 3 is 2.53 bits per heavy atom. The molecule has 0 amide bonds. The molecule has 1 aromatic heterocycles. The van der Waals surface area contributed by atoms with E-state index in [1.165, 1.54) is 0 Å². The van der Waals surface area contributed by atoms with Gasteiger partial charge in [-0.25, -0.2) is 4.79 Å². The first-order chi connectivity index (χ1) is 15.1. The largest absolute Gasteiger partial charge is 0.493 e. The summed E-state index contributed by atoms with van der Waals surface area (Å²) in [6, 6.07) is 5.45. The Morgan fingerprint density at radius 2 is 1.84 bits per heavy atom. The number of carbonyl (C=O) groups is 1. The van der Waals surface area contributed by atoms with Crippen molar-refractivity contribution >= 4 is 11.6 Å². The van der Waals surface area contributed by atoms with Crippen molar-refractivity contribution in [1.82, 2.24) is 9.97 Å². The fraction of sp³-hybridized carbons (Fsp3) is 0.458. The number of aromatic nitrogens is 2. The molecule has 170 valence electrons. The fourth-order valence-corrected chi connectivity index (χ4v) is 4.52. The summed E-state index contributed by atoms with van der Waals surface area (Å²) in [6.07, 6.45) is 1.01. The molecule has 4 rings (SSSR count). The highest BCUT2D eigenvalue weighted by atomic mass is 16.5. The van der Waals surface area contributed by atoms with Crippen molar-refractivity contribution in [3.63, 3.8) is 0 Å². The highest BCUT2D eigenvalue weighted by molar-refractivity contribution is 6.01. The smallest absolute Gasteiger partial charge is 0.327 e. The van der Waals surface area contributed by atoms with Gasteiger partial charge in [0.2, 0.25) is 0 Å². The number of Topliss-reactive ketones (excluding diaryl/α,β-unsaturated/α-hetero) is 1. The molecule has 1 aromatic carbocycles. The molecule has 0 saturated carbocycles. The second kappa shape index (κ2) is 8.00. The van der Waals surface area contributed by atoms with Crippen LogP contribution < -0.4 is 26.0 Å². The normalized spacial score (nSPS) is 19.3. The zero-order valence-corrected chi connectivity index (χ0v) is 19.0. The second-order valence-electron chi connectivity index (χ2n) is 9.70. The minimum Gasteiger partial charge on any atom is -0.493 e. The minimum atomic E-state index is -0.626. The number of hydrogen-bond donors (Lipinski definition) is 3. The zero-order valence-electron chi connectivity index (χ0n) is 19.0. The number of ether oxygens (including phenoxy) is 2. The number of allylic oxidation sites excluding steroid dienone is 2. The summed E-state index contributed by atoms with van der Waals surface area (Å²) < 4.78 is 11.4. The molecule has 1 atom stereocenters. The minimum absolute atomic E-state index is 0.0101. The molecule has 3 N–H and O–H groups in total. The quantitative estimate of drug-likeness (QED) is 0.659. The lowest BCUT2D eigenvalue weighted by atomic mass is 9.69. The lowest BCUT2D eigenvalue weighted by Crippen LogP contribution is -2.38. The molecule has 0 bridgehead atoms. The maximum atomic E-state index is 13.3. The average molecular weight is 440 g/mol. The van der Waals surface area contributed by atoms with Gasteiger partial charge >= 0.3 is 5.69 Å². The molecule has 0 spiro atoms. The van der Waals surface area contributed by atoms with E-state index in [0.29, 0.717) is 53.8 Å². The van der Waals surface area contributed by atoms with E-state index in [1.807, 2.05) is 19.9 Å². The monoisotopic (exact) mass is 439 g/mol. The third-order valence-corrected chi connectivity index (χ3v) is 5.85. The first-order valence-electron chi connectivity index (χ1n) is 10.8. The van der Waals surface area contributed by atoms with Gasteiger partial charge in [-0.2, -0.15) is 0 Å². The number of hydrogen-bond acceptors (Lipinski definition) is 6. The summed E-state index contributed by atoms with van der Waals surface area (Å²) in [7, 11) is 1.56. The highest BCUT2D eigenvalue weighted by Crippen LogP contribution is 2.48. The van der Waals surface area contributed by atoms with Crippen LogP contribution >= 0.6 is 0 Å². The number of fused-ring (bicyclic) bond motifs is 1. The van der Waals surface area contributed by atoms with Gasteiger partial charge in [0.15, 0.2) is 17.3 Å². The third-order valence-electron chi connectivity index (χ3n) is 5.85. The van der Waals surface area contributed by atoms with Gasteiger partial charge in [-0.15, -0.1) is 0 Å². The van der Waals surface area contributed by atoms with Crippen molar-refractivity contribution in [2.45, 2.75) is 46.5 Å². The molecule has 1 unspecified atom stereocenters. The number of carbonyl (C=O) groups excluding carboxylic acids is 1. The second-order valence-corrected chi connectivity index (χ2v) is 9.70. The van der Waals surface area contributed by atoms with Crippen molar-refractivity contribution in [2.75, 3.05) is 19.0 Å². The molecule has 0 saturated heterocycles. The molecule has 1 aliphatic carbocycles. The van der Waals surface area contributed by atoms with Gasteiger partial charge in [-0.1, -0.05) is 33.8 Å². The summed E-state index contributed by atoms with van der Waals surface area (Å²) in [5, 5.41) is 3.17. The Hall–Kier alpha value is -3.29. The molecule has 1 aliphatic heterocycles. The summed E-state index contributed by atoms with van der Waals surface area (Å²) >= 11 is 0. The maximum Gasteiger partial charge on any atom is 0.327 e. The predicted molar refractivity (Wildman–Crippen MR) is 122 cm³/mol. The Morgan fingerprint density at radius 1 is 1.09 bits per heavy atom. The molecule has 2 aromatic rings. The van der Waals surface area contributed by atoms with E-state index in [1.54, 1.807) is 19.2 Å². The SMILES string of the molecule is COc1cc(C2C3=C(CC(C)(C)CC3=O)Nc3[nH]c(=O)[nH]c(=O)c32)ccc1OCC(C)C. The van der Waals surface area contributed by atoms with Gasteiger partial charge in [0.1, 0.15) is 5.82 Å². The number of ketones is 1. The predicted octanol–water partition coefficient (Wildman–Crippen LogP) is 3.31. The van der Waals surface area contributed by atoms with E-state index < -0.39 is 17.2 Å². The lowest BCUT2D eigenvalue weighted by molar-refractivity contribution is -0.118. The van der Waals surface area contributed by atoms with Crippen LogP contribution in [0.4, 0.5) is 5.82 Å². The van der Waals surface area contributed by atoms with Gasteiger partial charge in [0, 0.05) is 23.6 Å². The average Bonchev–Trinajstić information content (AvgIpc) is 2.69. The molecule has 0 radical (unpaired) electrons. The van der Waals surface area contributed by atoms with Gasteiger partial charge in [0.25, 0.3) is 5.56 Å². The van der Waals surface area contributed by atoms with Crippen LogP contribution in [0, 0.1) is 11.3 Å². The Kier molecular flexibility index (Phi) is 5.48. The summed E-state index contributed by atoms with van der Waals surface area (Å²) in [6.45, 7) is 8.72. The van der Waals surface area contributed by atoms with Crippen molar-refractivity contribution in [3.05, 3.63) is 61.4 Å². The standard InChI is InChI=1S/C24H29N3O5/c1-12(2)11-32-16-7-6-13(8-17(16)31-5)18-19-14(9-24(3,4)10-15(19)28)25-21-20(18)22(29)27-23(30)26-21/h6-8,12,18H,9-11H2,1-5H3,(H3,25,26,27,29,30). The summed E-state index contributed by atoms with van der Waals surface area (Å²) in [5.74, 6) is 1.16. The molecular weight excluding hydrogens is 410 g/mol. The maximum absolute atomic E-state index is 13.3. The van der Waals surface area contributed by atoms with E-state index >= 15 is 0 Å². The summed E-state index contributed by atoms with van der Waals surface area (Å²) in [4.78, 5) is 43.1. The van der Waals surface area contributed by atoms with Crippen LogP contribution in [0.1, 0.15) is 57.6 Å². The van der Waals surface area contributed by atoms with Crippen molar-refractivity contribution in [1.29, 1.82) is 0 Å². The van der Waals surface area contributed by atoms with Crippen molar-refractivity contribution in [2.24, 2.45) is 11.3 Å². The highest BCUT2D eigenvalue weighted by Gasteiger charge is 2.42. The number of anilines is 1. The number of nitrogens with one attached hydrogen (secondary N) is 3. The third kappa shape index (κ3) is 3.97. The Balaban J connectivity index is 1.89. The number of aromatic amines is 2. The van der Waals surface area contributed by atoms with Crippen LogP contribution in [0.2, 0.25) is 0 Å². The molecule has 0 fully saturated rings. The van der Waals surface area contributed by atoms with Crippen LogP contribution in [-0.2, 0) is 4.79 Å². The van der Waals surface area contributed by atoms with Crippen LogP contribution in [0.25, 0.3) is 0 Å². The first-order valence-corrected chi connectivity index (χ1v) is 10.8. The van der Waals surface area contributed by atoms with Gasteiger partial charge in [-0.05, 0) is 35.4 Å². The summed E-state index contributed by atoms with van der Waals surface area (Å²) in [5.41, 5.74) is 0.994. The molecule has 32 heavy (non-hydrogen) atoms. The topological polar surface area (TPSA) is 113 Å². The van der Waals surface area contributed by atoms with E-state index in [9.17, 15) is 14.4 Å². The van der Waals surface area contributed by atoms with Gasteiger partial charge in [-0.3, -0.25) is 19.6 Å². The van der Waals surface area contributed by atoms with Crippen LogP contribution in [0.15, 0.2) is 39.1 Å². The lowest BCUT2D eigenvalue weighted by Gasteiger charge is -2.38. The molecule has 2 heterocycles. The van der Waals surface area contributed by atoms with E-state index in [2.05, 4.69) is 29.1 Å². The number of benzene rings is 1.